The summed E-state index contributed by atoms with van der Waals surface area (Å²) in [5.41, 5.74) is 0.612. The van der Waals surface area contributed by atoms with Crippen LogP contribution in [0.15, 0.2) is 30.3 Å². The van der Waals surface area contributed by atoms with E-state index in [0.717, 1.165) is 42.4 Å². The van der Waals surface area contributed by atoms with Gasteiger partial charge in [0, 0.05) is 6.42 Å². The van der Waals surface area contributed by atoms with Crippen LogP contribution in [0, 0.1) is 5.92 Å². The number of nitrogens with zero attached hydrogens (tertiary/aromatic N) is 1. The number of carbonyl (C=O) groups excluding carboxylic acids is 1. The second-order valence-electron chi connectivity index (χ2n) is 8.21. The molecule has 1 aromatic rings. The van der Waals surface area contributed by atoms with Crippen LogP contribution in [0.4, 0.5) is 0 Å². The molecule has 0 N–H and O–H groups in total. The minimum atomic E-state index is -0.502. The summed E-state index contributed by atoms with van der Waals surface area (Å²) in [5.74, 6) is 0.392. The summed E-state index contributed by atoms with van der Waals surface area (Å²) in [4.78, 5) is 13.2. The molecule has 3 rings (SSSR count). The van der Waals surface area contributed by atoms with Gasteiger partial charge in [0.15, 0.2) is 6.10 Å². The molecule has 1 saturated carbocycles. The van der Waals surface area contributed by atoms with Gasteiger partial charge in [0.2, 0.25) is 0 Å². The standard InChI is InChI=1S/C20H30NO2/c1-20(17-11-7-8-12-17,16-9-5-4-6-10-16)19(22)23-18-13-14-21(2,3)15-18/h4-6,9-10,17-18H,7-8,11-15H2,1-3H3/q+1/t18-,20+/m1/s1. The van der Waals surface area contributed by atoms with Gasteiger partial charge in [0.1, 0.15) is 6.54 Å². The fourth-order valence-electron chi connectivity index (χ4n) is 4.41. The van der Waals surface area contributed by atoms with Gasteiger partial charge in [-0.05, 0) is 31.2 Å². The quantitative estimate of drug-likeness (QED) is 0.627. The van der Waals surface area contributed by atoms with Crippen molar-refractivity contribution in [1.29, 1.82) is 0 Å². The topological polar surface area (TPSA) is 26.3 Å². The molecule has 0 spiro atoms. The lowest BCUT2D eigenvalue weighted by atomic mass is 9.71. The zero-order valence-corrected chi connectivity index (χ0v) is 14.8. The highest BCUT2D eigenvalue weighted by Crippen LogP contribution is 2.43. The molecule has 0 amide bonds. The van der Waals surface area contributed by atoms with Gasteiger partial charge in [0.05, 0.1) is 26.1 Å². The highest BCUT2D eigenvalue weighted by molar-refractivity contribution is 5.83. The summed E-state index contributed by atoms with van der Waals surface area (Å²) in [6, 6.07) is 10.3. The highest BCUT2D eigenvalue weighted by atomic mass is 16.5. The van der Waals surface area contributed by atoms with Gasteiger partial charge in [-0.2, -0.15) is 0 Å². The van der Waals surface area contributed by atoms with Crippen molar-refractivity contribution in [3.05, 3.63) is 35.9 Å². The smallest absolute Gasteiger partial charge is 0.317 e. The summed E-state index contributed by atoms with van der Waals surface area (Å²) in [6.07, 6.45) is 5.77. The zero-order chi connectivity index (χ0) is 16.5. The summed E-state index contributed by atoms with van der Waals surface area (Å²) in [6.45, 7) is 4.13. The Bertz CT molecular complexity index is 548. The first kappa shape index (κ1) is 16.5. The Morgan fingerprint density at radius 1 is 1.13 bits per heavy atom. The predicted molar refractivity (Wildman–Crippen MR) is 92.1 cm³/mol. The number of benzene rings is 1. The second-order valence-corrected chi connectivity index (χ2v) is 8.21. The third-order valence-corrected chi connectivity index (χ3v) is 6.00. The number of carbonyl (C=O) groups is 1. The van der Waals surface area contributed by atoms with Crippen molar-refractivity contribution in [1.82, 2.24) is 0 Å². The van der Waals surface area contributed by atoms with E-state index in [4.69, 9.17) is 4.74 Å². The minimum Gasteiger partial charge on any atom is -0.455 e. The number of likely N-dealkylation sites (N-methyl/N-ethyl adjacent to an activating group) is 1. The van der Waals surface area contributed by atoms with E-state index in [0.29, 0.717) is 5.92 Å². The minimum absolute atomic E-state index is 0.0116. The number of likely N-dealkylation sites (tertiary alicyclic amines) is 1. The van der Waals surface area contributed by atoms with Crippen molar-refractivity contribution in [3.63, 3.8) is 0 Å². The third kappa shape index (κ3) is 3.30. The zero-order valence-electron chi connectivity index (χ0n) is 14.8. The van der Waals surface area contributed by atoms with Crippen LogP contribution in [0.25, 0.3) is 0 Å². The Balaban J connectivity index is 1.82. The molecule has 126 valence electrons. The normalized spacial score (nSPS) is 26.8. The van der Waals surface area contributed by atoms with Gasteiger partial charge < -0.3 is 9.22 Å². The molecule has 1 aromatic carbocycles. The largest absolute Gasteiger partial charge is 0.455 e. The predicted octanol–water partition coefficient (Wildman–Crippen LogP) is 3.53. The molecule has 0 bridgehead atoms. The van der Waals surface area contributed by atoms with Crippen LogP contribution in [0.2, 0.25) is 0 Å². The molecule has 0 radical (unpaired) electrons. The van der Waals surface area contributed by atoms with Crippen LogP contribution in [-0.4, -0.2) is 43.7 Å². The lowest BCUT2D eigenvalue weighted by molar-refractivity contribution is -0.879. The molecular formula is C20H30NO2+. The first-order chi connectivity index (χ1) is 10.9. The number of hydrogen-bond donors (Lipinski definition) is 0. The van der Waals surface area contributed by atoms with Crippen molar-refractivity contribution >= 4 is 5.97 Å². The van der Waals surface area contributed by atoms with Gasteiger partial charge in [0.25, 0.3) is 0 Å². The van der Waals surface area contributed by atoms with Gasteiger partial charge in [-0.1, -0.05) is 43.2 Å². The Labute approximate surface area is 140 Å². The maximum atomic E-state index is 13.2. The van der Waals surface area contributed by atoms with E-state index in [2.05, 4.69) is 33.2 Å². The van der Waals surface area contributed by atoms with E-state index < -0.39 is 5.41 Å². The van der Waals surface area contributed by atoms with E-state index >= 15 is 0 Å². The molecule has 2 fully saturated rings. The van der Waals surface area contributed by atoms with Crippen LogP contribution < -0.4 is 0 Å². The fourth-order valence-corrected chi connectivity index (χ4v) is 4.41. The summed E-state index contributed by atoms with van der Waals surface area (Å²) in [5, 5.41) is 0. The Morgan fingerprint density at radius 2 is 1.78 bits per heavy atom. The SMILES string of the molecule is C[C@](C(=O)O[C@@H]1CC[N+](C)(C)C1)(c1ccccc1)C1CCCC1. The molecule has 1 heterocycles. The van der Waals surface area contributed by atoms with Gasteiger partial charge in [-0.25, -0.2) is 0 Å². The van der Waals surface area contributed by atoms with Crippen LogP contribution in [0.1, 0.15) is 44.6 Å². The Kier molecular flexibility index (Phi) is 4.50. The number of esters is 1. The van der Waals surface area contributed by atoms with Crippen LogP contribution in [0.5, 0.6) is 0 Å². The van der Waals surface area contributed by atoms with Gasteiger partial charge in [-0.3, -0.25) is 4.79 Å². The monoisotopic (exact) mass is 316 g/mol. The van der Waals surface area contributed by atoms with Crippen molar-refractivity contribution in [2.75, 3.05) is 27.2 Å². The average Bonchev–Trinajstić information content (AvgIpc) is 3.17. The first-order valence-corrected chi connectivity index (χ1v) is 9.00. The maximum Gasteiger partial charge on any atom is 0.317 e. The second kappa shape index (κ2) is 6.27. The molecule has 0 unspecified atom stereocenters. The molecule has 1 saturated heterocycles. The van der Waals surface area contributed by atoms with Crippen LogP contribution >= 0.6 is 0 Å². The van der Waals surface area contributed by atoms with E-state index in [1.54, 1.807) is 0 Å². The number of rotatable bonds is 4. The lowest BCUT2D eigenvalue weighted by Crippen LogP contribution is -2.44. The average molecular weight is 316 g/mol. The third-order valence-electron chi connectivity index (χ3n) is 6.00. The van der Waals surface area contributed by atoms with Crippen molar-refractivity contribution in [2.45, 2.75) is 50.5 Å². The van der Waals surface area contributed by atoms with Crippen molar-refractivity contribution < 1.29 is 14.0 Å². The molecule has 3 heteroatoms. The Hall–Kier alpha value is -1.35. The maximum absolute atomic E-state index is 13.2. The van der Waals surface area contributed by atoms with Crippen molar-refractivity contribution in [2.24, 2.45) is 5.92 Å². The summed E-state index contributed by atoms with van der Waals surface area (Å²) < 4.78 is 6.97. The molecule has 0 aromatic heterocycles. The highest BCUT2D eigenvalue weighted by Gasteiger charge is 2.47. The van der Waals surface area contributed by atoms with E-state index in [9.17, 15) is 4.79 Å². The fraction of sp³-hybridized carbons (Fsp3) is 0.650. The van der Waals surface area contributed by atoms with Gasteiger partial charge in [-0.15, -0.1) is 0 Å². The molecular weight excluding hydrogens is 286 g/mol. The molecule has 2 aliphatic rings. The summed E-state index contributed by atoms with van der Waals surface area (Å²) in [7, 11) is 4.42. The molecule has 3 nitrogen and oxygen atoms in total. The van der Waals surface area contributed by atoms with E-state index in [1.165, 1.54) is 12.8 Å². The molecule has 1 aliphatic carbocycles. The number of ether oxygens (including phenoxy) is 1. The first-order valence-electron chi connectivity index (χ1n) is 9.00. The van der Waals surface area contributed by atoms with E-state index in [1.807, 2.05) is 18.2 Å². The molecule has 2 atom stereocenters. The van der Waals surface area contributed by atoms with Crippen LogP contribution in [-0.2, 0) is 14.9 Å². The number of hydrogen-bond acceptors (Lipinski definition) is 2. The van der Waals surface area contributed by atoms with Crippen molar-refractivity contribution in [3.8, 4) is 0 Å². The van der Waals surface area contributed by atoms with Gasteiger partial charge >= 0.3 is 5.97 Å². The van der Waals surface area contributed by atoms with Crippen LogP contribution in [0.3, 0.4) is 0 Å². The number of quaternary nitrogens is 1. The lowest BCUT2D eigenvalue weighted by Gasteiger charge is -2.34. The Morgan fingerprint density at radius 3 is 2.35 bits per heavy atom. The summed E-state index contributed by atoms with van der Waals surface area (Å²) >= 11 is 0. The molecule has 23 heavy (non-hydrogen) atoms. The van der Waals surface area contributed by atoms with E-state index in [-0.39, 0.29) is 12.1 Å². The molecule has 1 aliphatic heterocycles.